The molecule has 0 saturated carbocycles. The number of ether oxygens (including phenoxy) is 1. The molecule has 2 fully saturated rings. The lowest BCUT2D eigenvalue weighted by Gasteiger charge is -2.40. The van der Waals surface area contributed by atoms with Crippen molar-refractivity contribution in [3.05, 3.63) is 54.1 Å². The van der Waals surface area contributed by atoms with E-state index in [-0.39, 0.29) is 17.5 Å². The maximum Gasteiger partial charge on any atom is 0.312 e. The minimum atomic E-state index is -0.255. The second kappa shape index (κ2) is 7.36. The highest BCUT2D eigenvalue weighted by Gasteiger charge is 2.50. The number of imidazole rings is 1. The monoisotopic (exact) mass is 379 g/mol. The normalized spacial score (nSPS) is 25.4. The molecule has 0 bridgehead atoms. The Morgan fingerprint density at radius 3 is 2.46 bits per heavy atom. The van der Waals surface area contributed by atoms with Gasteiger partial charge in [-0.3, -0.25) is 4.79 Å². The van der Waals surface area contributed by atoms with Crippen LogP contribution in [0.3, 0.4) is 0 Å². The van der Waals surface area contributed by atoms with E-state index in [1.807, 2.05) is 10.8 Å². The van der Waals surface area contributed by atoms with E-state index in [9.17, 15) is 4.79 Å². The molecule has 5 heteroatoms. The molecule has 3 heterocycles. The minimum Gasteiger partial charge on any atom is -0.460 e. The van der Waals surface area contributed by atoms with Gasteiger partial charge in [-0.2, -0.15) is 0 Å². The highest BCUT2D eigenvalue weighted by molar-refractivity contribution is 5.79. The first-order valence-corrected chi connectivity index (χ1v) is 10.7. The molecule has 1 spiro atoms. The fourth-order valence-electron chi connectivity index (χ4n) is 5.49. The van der Waals surface area contributed by atoms with Crippen molar-refractivity contribution in [2.45, 2.75) is 63.6 Å². The number of aryl methyl sites for hydroxylation is 2. The summed E-state index contributed by atoms with van der Waals surface area (Å²) >= 11 is 0. The summed E-state index contributed by atoms with van der Waals surface area (Å²) in [5.74, 6) is 0.0329. The summed E-state index contributed by atoms with van der Waals surface area (Å²) in [4.78, 5) is 19.4. The predicted molar refractivity (Wildman–Crippen MR) is 107 cm³/mol. The standard InChI is InChI=1S/C23H29N3O2/c27-22-23(15-21(28-22)16-25-14-11-24-17-25)9-12-26(13-10-23)20-7-5-18-3-1-2-4-19(18)6-8-20/h1-4,11,14,17,20-21H,5-10,12-13,15-16H2. The van der Waals surface area contributed by atoms with Crippen LogP contribution in [0.5, 0.6) is 0 Å². The maximum absolute atomic E-state index is 12.7. The topological polar surface area (TPSA) is 47.4 Å². The third-order valence-corrected chi connectivity index (χ3v) is 7.18. The molecule has 148 valence electrons. The van der Waals surface area contributed by atoms with Gasteiger partial charge in [0.25, 0.3) is 0 Å². The third-order valence-electron chi connectivity index (χ3n) is 7.18. The zero-order chi connectivity index (χ0) is 19.0. The molecule has 2 saturated heterocycles. The zero-order valence-electron chi connectivity index (χ0n) is 16.4. The van der Waals surface area contributed by atoms with E-state index < -0.39 is 0 Å². The summed E-state index contributed by atoms with van der Waals surface area (Å²) in [6.07, 6.45) is 13.1. The van der Waals surface area contributed by atoms with Crippen LogP contribution >= 0.6 is 0 Å². The fraction of sp³-hybridized carbons (Fsp3) is 0.565. The summed E-state index contributed by atoms with van der Waals surface area (Å²) < 4.78 is 7.77. The Balaban J connectivity index is 1.19. The van der Waals surface area contributed by atoms with Crippen LogP contribution < -0.4 is 0 Å². The molecule has 0 radical (unpaired) electrons. The van der Waals surface area contributed by atoms with Crippen LogP contribution in [0.25, 0.3) is 0 Å². The smallest absolute Gasteiger partial charge is 0.312 e. The second-order valence-electron chi connectivity index (χ2n) is 8.81. The molecular formula is C23H29N3O2. The summed E-state index contributed by atoms with van der Waals surface area (Å²) in [6.45, 7) is 2.76. The number of aromatic nitrogens is 2. The highest BCUT2D eigenvalue weighted by atomic mass is 16.6. The summed E-state index contributed by atoms with van der Waals surface area (Å²) in [6, 6.07) is 9.55. The molecule has 5 rings (SSSR count). The number of carbonyl (C=O) groups is 1. The van der Waals surface area contributed by atoms with E-state index in [1.165, 1.54) is 36.8 Å². The van der Waals surface area contributed by atoms with Gasteiger partial charge in [-0.1, -0.05) is 24.3 Å². The average Bonchev–Trinajstić information content (AvgIpc) is 3.25. The molecule has 0 amide bonds. The van der Waals surface area contributed by atoms with Crippen LogP contribution in [0.4, 0.5) is 0 Å². The molecule has 1 aliphatic carbocycles. The number of likely N-dealkylation sites (tertiary alicyclic amines) is 1. The van der Waals surface area contributed by atoms with Crippen LogP contribution in [-0.2, 0) is 28.9 Å². The van der Waals surface area contributed by atoms with Crippen LogP contribution in [0.15, 0.2) is 43.0 Å². The SMILES string of the molecule is O=C1OC(Cn2ccnc2)CC12CCN(C1CCc3ccccc3CC1)CC2. The Labute approximate surface area is 166 Å². The van der Waals surface area contributed by atoms with E-state index in [0.717, 1.165) is 38.9 Å². The highest BCUT2D eigenvalue weighted by Crippen LogP contribution is 2.44. The van der Waals surface area contributed by atoms with E-state index >= 15 is 0 Å². The van der Waals surface area contributed by atoms with Crippen molar-refractivity contribution in [1.29, 1.82) is 0 Å². The third kappa shape index (κ3) is 3.37. The van der Waals surface area contributed by atoms with Crippen molar-refractivity contribution in [2.24, 2.45) is 5.41 Å². The lowest BCUT2D eigenvalue weighted by atomic mass is 9.75. The fourth-order valence-corrected chi connectivity index (χ4v) is 5.49. The molecule has 28 heavy (non-hydrogen) atoms. The number of benzene rings is 1. The van der Waals surface area contributed by atoms with Crippen LogP contribution in [0.2, 0.25) is 0 Å². The van der Waals surface area contributed by atoms with Gasteiger partial charge in [0.1, 0.15) is 6.10 Å². The number of cyclic esters (lactones) is 1. The van der Waals surface area contributed by atoms with Gasteiger partial charge < -0.3 is 14.2 Å². The number of hydrogen-bond acceptors (Lipinski definition) is 4. The van der Waals surface area contributed by atoms with Crippen LogP contribution in [-0.4, -0.2) is 45.7 Å². The molecule has 1 aromatic carbocycles. The first kappa shape index (κ1) is 17.9. The first-order chi connectivity index (χ1) is 13.7. The number of rotatable bonds is 3. The van der Waals surface area contributed by atoms with Crippen molar-refractivity contribution < 1.29 is 9.53 Å². The number of fused-ring (bicyclic) bond motifs is 1. The Bertz CT molecular complexity index is 797. The summed E-state index contributed by atoms with van der Waals surface area (Å²) in [7, 11) is 0. The van der Waals surface area contributed by atoms with Gasteiger partial charge >= 0.3 is 5.97 Å². The molecule has 1 aromatic heterocycles. The Kier molecular flexibility index (Phi) is 4.71. The minimum absolute atomic E-state index is 0.0133. The molecule has 5 nitrogen and oxygen atoms in total. The summed E-state index contributed by atoms with van der Waals surface area (Å²) in [5.41, 5.74) is 2.80. The van der Waals surface area contributed by atoms with Crippen molar-refractivity contribution in [3.63, 3.8) is 0 Å². The number of hydrogen-bond donors (Lipinski definition) is 0. The Morgan fingerprint density at radius 1 is 1.11 bits per heavy atom. The molecular weight excluding hydrogens is 350 g/mol. The number of nitrogens with zero attached hydrogens (tertiary/aromatic N) is 3. The number of piperidine rings is 1. The second-order valence-corrected chi connectivity index (χ2v) is 8.81. The number of esters is 1. The first-order valence-electron chi connectivity index (χ1n) is 10.7. The largest absolute Gasteiger partial charge is 0.460 e. The van der Waals surface area contributed by atoms with Crippen molar-refractivity contribution in [1.82, 2.24) is 14.5 Å². The van der Waals surface area contributed by atoms with Crippen molar-refractivity contribution in [2.75, 3.05) is 13.1 Å². The summed E-state index contributed by atoms with van der Waals surface area (Å²) in [5, 5.41) is 0. The molecule has 2 aliphatic heterocycles. The maximum atomic E-state index is 12.7. The van der Waals surface area contributed by atoms with Crippen molar-refractivity contribution >= 4 is 5.97 Å². The number of carbonyl (C=O) groups excluding carboxylic acids is 1. The van der Waals surface area contributed by atoms with E-state index in [4.69, 9.17) is 4.74 Å². The quantitative estimate of drug-likeness (QED) is 0.607. The molecule has 2 aromatic rings. The molecule has 3 aliphatic rings. The molecule has 1 unspecified atom stereocenters. The van der Waals surface area contributed by atoms with Gasteiger partial charge in [-0.15, -0.1) is 0 Å². The lowest BCUT2D eigenvalue weighted by molar-refractivity contribution is -0.151. The zero-order valence-corrected chi connectivity index (χ0v) is 16.4. The Morgan fingerprint density at radius 2 is 1.82 bits per heavy atom. The van der Waals surface area contributed by atoms with E-state index in [0.29, 0.717) is 6.04 Å². The van der Waals surface area contributed by atoms with Gasteiger partial charge in [-0.05, 0) is 62.7 Å². The van der Waals surface area contributed by atoms with Gasteiger partial charge in [0.15, 0.2) is 0 Å². The van der Waals surface area contributed by atoms with E-state index in [1.54, 1.807) is 12.5 Å². The van der Waals surface area contributed by atoms with Crippen molar-refractivity contribution in [3.8, 4) is 0 Å². The van der Waals surface area contributed by atoms with Gasteiger partial charge in [-0.25, -0.2) is 4.98 Å². The average molecular weight is 380 g/mol. The van der Waals surface area contributed by atoms with E-state index in [2.05, 4.69) is 34.1 Å². The van der Waals surface area contributed by atoms with Gasteiger partial charge in [0.2, 0.25) is 0 Å². The Hall–Kier alpha value is -2.14. The van der Waals surface area contributed by atoms with Gasteiger partial charge in [0, 0.05) is 24.9 Å². The predicted octanol–water partition coefficient (Wildman–Crippen LogP) is 3.23. The van der Waals surface area contributed by atoms with Crippen LogP contribution in [0.1, 0.15) is 43.2 Å². The lowest BCUT2D eigenvalue weighted by Crippen LogP contribution is -2.47. The molecule has 1 atom stereocenters. The van der Waals surface area contributed by atoms with Crippen LogP contribution in [0, 0.1) is 5.41 Å². The van der Waals surface area contributed by atoms with Gasteiger partial charge in [0.05, 0.1) is 18.3 Å². The molecule has 0 N–H and O–H groups in total.